The molecule has 1 rings (SSSR count). The van der Waals surface area contributed by atoms with Gasteiger partial charge in [-0.25, -0.2) is 0 Å². The van der Waals surface area contributed by atoms with Gasteiger partial charge in [-0.1, -0.05) is 43.3 Å². The average molecular weight is 181 g/mol. The lowest BCUT2D eigenvalue weighted by molar-refractivity contribution is 1.14. The molecule has 0 unspecified atom stereocenters. The minimum absolute atomic E-state index is 0.579. The lowest BCUT2D eigenvalue weighted by atomic mass is 10.1. The smallest absolute Gasteiger partial charge is 0.0407 e. The van der Waals surface area contributed by atoms with Gasteiger partial charge in [0.2, 0.25) is 0 Å². The van der Waals surface area contributed by atoms with Crippen molar-refractivity contribution in [1.29, 1.82) is 0 Å². The van der Waals surface area contributed by atoms with Crippen LogP contribution in [0.3, 0.4) is 0 Å². The van der Waals surface area contributed by atoms with Crippen LogP contribution in [-0.2, 0) is 6.42 Å². The second kappa shape index (κ2) is 5.00. The monoisotopic (exact) mass is 180 g/mol. The van der Waals surface area contributed by atoms with Crippen molar-refractivity contribution in [3.63, 3.8) is 0 Å². The Hall–Kier alpha value is -0.750. The minimum atomic E-state index is 0.579. The molecule has 12 heavy (non-hydrogen) atoms. The SMILES string of the molecule is CCc1ccc(/C=C/CCl)cc1. The summed E-state index contributed by atoms with van der Waals surface area (Å²) < 4.78 is 0. The van der Waals surface area contributed by atoms with E-state index in [1.807, 2.05) is 12.2 Å². The van der Waals surface area contributed by atoms with Crippen LogP contribution in [0.4, 0.5) is 0 Å². The summed E-state index contributed by atoms with van der Waals surface area (Å²) in [4.78, 5) is 0. The maximum atomic E-state index is 5.52. The van der Waals surface area contributed by atoms with E-state index in [1.165, 1.54) is 11.1 Å². The molecule has 0 amide bonds. The molecule has 0 fully saturated rings. The number of halogens is 1. The van der Waals surface area contributed by atoms with Crippen LogP contribution in [0.2, 0.25) is 0 Å². The number of benzene rings is 1. The molecule has 0 atom stereocenters. The summed E-state index contributed by atoms with van der Waals surface area (Å²) in [5.41, 5.74) is 2.59. The predicted octanol–water partition coefficient (Wildman–Crippen LogP) is 3.50. The topological polar surface area (TPSA) is 0 Å². The van der Waals surface area contributed by atoms with Gasteiger partial charge in [-0.2, -0.15) is 0 Å². The summed E-state index contributed by atoms with van der Waals surface area (Å²) in [5.74, 6) is 0.579. The van der Waals surface area contributed by atoms with Crippen molar-refractivity contribution in [1.82, 2.24) is 0 Å². The van der Waals surface area contributed by atoms with Crippen LogP contribution in [0.25, 0.3) is 6.08 Å². The van der Waals surface area contributed by atoms with Crippen LogP contribution in [0, 0.1) is 0 Å². The Balaban J connectivity index is 2.71. The molecule has 0 heterocycles. The molecule has 0 bridgehead atoms. The molecule has 0 aliphatic heterocycles. The first kappa shape index (κ1) is 9.34. The zero-order chi connectivity index (χ0) is 8.81. The highest BCUT2D eigenvalue weighted by Crippen LogP contribution is 2.06. The molecule has 0 aromatic heterocycles. The highest BCUT2D eigenvalue weighted by atomic mass is 35.5. The zero-order valence-corrected chi connectivity index (χ0v) is 8.01. The van der Waals surface area contributed by atoms with Crippen LogP contribution >= 0.6 is 11.6 Å². The van der Waals surface area contributed by atoms with E-state index >= 15 is 0 Å². The fourth-order valence-corrected chi connectivity index (χ4v) is 1.13. The normalized spacial score (nSPS) is 10.8. The Morgan fingerprint density at radius 2 is 1.92 bits per heavy atom. The van der Waals surface area contributed by atoms with Gasteiger partial charge in [-0.05, 0) is 17.5 Å². The fraction of sp³-hybridized carbons (Fsp3) is 0.273. The molecular formula is C11H13Cl. The Morgan fingerprint density at radius 3 is 2.42 bits per heavy atom. The Kier molecular flexibility index (Phi) is 3.89. The molecule has 0 aliphatic rings. The quantitative estimate of drug-likeness (QED) is 0.625. The van der Waals surface area contributed by atoms with E-state index in [9.17, 15) is 0 Å². The highest BCUT2D eigenvalue weighted by molar-refractivity contribution is 6.19. The lowest BCUT2D eigenvalue weighted by Crippen LogP contribution is -1.78. The van der Waals surface area contributed by atoms with E-state index in [4.69, 9.17) is 11.6 Å². The van der Waals surface area contributed by atoms with Crippen molar-refractivity contribution in [2.24, 2.45) is 0 Å². The third-order valence-corrected chi connectivity index (χ3v) is 1.97. The molecular weight excluding hydrogens is 168 g/mol. The maximum Gasteiger partial charge on any atom is 0.0407 e. The second-order valence-corrected chi connectivity index (χ2v) is 2.96. The average Bonchev–Trinajstić information content (AvgIpc) is 2.15. The van der Waals surface area contributed by atoms with Gasteiger partial charge in [0.25, 0.3) is 0 Å². The summed E-state index contributed by atoms with van der Waals surface area (Å²) >= 11 is 5.52. The summed E-state index contributed by atoms with van der Waals surface area (Å²) in [6.45, 7) is 2.16. The largest absolute Gasteiger partial charge is 0.122 e. The van der Waals surface area contributed by atoms with E-state index in [0.717, 1.165) is 6.42 Å². The molecule has 0 aliphatic carbocycles. The number of aryl methyl sites for hydroxylation is 1. The molecule has 1 aromatic rings. The van der Waals surface area contributed by atoms with Crippen molar-refractivity contribution in [2.45, 2.75) is 13.3 Å². The standard InChI is InChI=1S/C11H13Cl/c1-2-10-5-7-11(8-6-10)4-3-9-12/h3-8H,2,9H2,1H3/b4-3+. The summed E-state index contributed by atoms with van der Waals surface area (Å²) in [7, 11) is 0. The predicted molar refractivity (Wildman–Crippen MR) is 55.6 cm³/mol. The van der Waals surface area contributed by atoms with E-state index in [1.54, 1.807) is 0 Å². The molecule has 0 saturated carbocycles. The molecule has 0 N–H and O–H groups in total. The van der Waals surface area contributed by atoms with E-state index < -0.39 is 0 Å². The van der Waals surface area contributed by atoms with Crippen molar-refractivity contribution in [3.05, 3.63) is 41.5 Å². The number of hydrogen-bond acceptors (Lipinski definition) is 0. The first-order valence-corrected chi connectivity index (χ1v) is 4.71. The second-order valence-electron chi connectivity index (χ2n) is 2.65. The van der Waals surface area contributed by atoms with E-state index in [0.29, 0.717) is 5.88 Å². The molecule has 0 radical (unpaired) electrons. The maximum absolute atomic E-state index is 5.52. The number of rotatable bonds is 3. The van der Waals surface area contributed by atoms with Gasteiger partial charge in [0.05, 0.1) is 0 Å². The van der Waals surface area contributed by atoms with Gasteiger partial charge < -0.3 is 0 Å². The number of hydrogen-bond donors (Lipinski definition) is 0. The molecule has 0 nitrogen and oxygen atoms in total. The first-order valence-electron chi connectivity index (χ1n) is 4.18. The van der Waals surface area contributed by atoms with Crippen molar-refractivity contribution in [3.8, 4) is 0 Å². The summed E-state index contributed by atoms with van der Waals surface area (Å²) in [6, 6.07) is 8.52. The van der Waals surface area contributed by atoms with Crippen LogP contribution in [0.1, 0.15) is 18.1 Å². The molecule has 1 aromatic carbocycles. The summed E-state index contributed by atoms with van der Waals surface area (Å²) in [6.07, 6.45) is 5.08. The van der Waals surface area contributed by atoms with Crippen molar-refractivity contribution < 1.29 is 0 Å². The number of alkyl halides is 1. The van der Waals surface area contributed by atoms with Gasteiger partial charge in [-0.15, -0.1) is 11.6 Å². The highest BCUT2D eigenvalue weighted by Gasteiger charge is 1.87. The Bertz CT molecular complexity index is 246. The van der Waals surface area contributed by atoms with Gasteiger partial charge in [-0.3, -0.25) is 0 Å². The van der Waals surface area contributed by atoms with Crippen LogP contribution in [0.5, 0.6) is 0 Å². The van der Waals surface area contributed by atoms with Crippen LogP contribution < -0.4 is 0 Å². The van der Waals surface area contributed by atoms with Gasteiger partial charge in [0, 0.05) is 5.88 Å². The fourth-order valence-electron chi connectivity index (χ4n) is 1.05. The van der Waals surface area contributed by atoms with Crippen molar-refractivity contribution in [2.75, 3.05) is 5.88 Å². The third-order valence-electron chi connectivity index (χ3n) is 1.79. The van der Waals surface area contributed by atoms with Crippen LogP contribution in [0.15, 0.2) is 30.3 Å². The molecule has 1 heteroatoms. The van der Waals surface area contributed by atoms with Crippen molar-refractivity contribution >= 4 is 17.7 Å². The van der Waals surface area contributed by atoms with Gasteiger partial charge in [0.15, 0.2) is 0 Å². The van der Waals surface area contributed by atoms with Gasteiger partial charge >= 0.3 is 0 Å². The first-order chi connectivity index (χ1) is 5.86. The zero-order valence-electron chi connectivity index (χ0n) is 7.26. The third kappa shape index (κ3) is 2.71. The van der Waals surface area contributed by atoms with E-state index in [2.05, 4.69) is 31.2 Å². The van der Waals surface area contributed by atoms with E-state index in [-0.39, 0.29) is 0 Å². The minimum Gasteiger partial charge on any atom is -0.122 e. The Labute approximate surface area is 78.9 Å². The molecule has 64 valence electrons. The van der Waals surface area contributed by atoms with Crippen LogP contribution in [-0.4, -0.2) is 5.88 Å². The lowest BCUT2D eigenvalue weighted by Gasteiger charge is -1.96. The molecule has 0 saturated heterocycles. The Morgan fingerprint density at radius 1 is 1.25 bits per heavy atom. The van der Waals surface area contributed by atoms with Gasteiger partial charge in [0.1, 0.15) is 0 Å². The number of allylic oxidation sites excluding steroid dienone is 1. The molecule has 0 spiro atoms. The summed E-state index contributed by atoms with van der Waals surface area (Å²) in [5, 5.41) is 0.